The van der Waals surface area contributed by atoms with Crippen molar-refractivity contribution in [2.45, 2.75) is 32.6 Å². The van der Waals surface area contributed by atoms with Crippen LogP contribution in [0.15, 0.2) is 53.8 Å². The Morgan fingerprint density at radius 2 is 2.17 bits per heavy atom. The van der Waals surface area contributed by atoms with Crippen LogP contribution in [0.25, 0.3) is 16.1 Å². The smallest absolute Gasteiger partial charge is 0.123 e. The van der Waals surface area contributed by atoms with E-state index in [-0.39, 0.29) is 0 Å². The van der Waals surface area contributed by atoms with Crippen LogP contribution in [0.4, 0.5) is 0 Å². The van der Waals surface area contributed by atoms with E-state index in [2.05, 4.69) is 35.3 Å². The molecule has 0 amide bonds. The molecule has 24 heavy (non-hydrogen) atoms. The summed E-state index contributed by atoms with van der Waals surface area (Å²) in [6, 6.07) is 8.26. The number of rotatable bonds is 2. The van der Waals surface area contributed by atoms with Gasteiger partial charge < -0.3 is 0 Å². The maximum Gasteiger partial charge on any atom is 0.123 e. The number of fused-ring (bicyclic) bond motifs is 1. The van der Waals surface area contributed by atoms with Crippen LogP contribution in [-0.4, -0.2) is 4.98 Å². The molecule has 2 aliphatic carbocycles. The van der Waals surface area contributed by atoms with E-state index in [0.29, 0.717) is 0 Å². The molecule has 1 aromatic carbocycles. The van der Waals surface area contributed by atoms with E-state index in [4.69, 9.17) is 0 Å². The lowest BCUT2D eigenvalue weighted by Crippen LogP contribution is -1.84. The van der Waals surface area contributed by atoms with Crippen molar-refractivity contribution in [3.8, 4) is 16.6 Å². The van der Waals surface area contributed by atoms with Gasteiger partial charge >= 0.3 is 0 Å². The maximum atomic E-state index is 9.24. The Balaban J connectivity index is 1.76. The second-order valence-corrected chi connectivity index (χ2v) is 7.32. The van der Waals surface area contributed by atoms with E-state index in [1.807, 2.05) is 25.3 Å². The summed E-state index contributed by atoms with van der Waals surface area (Å²) >= 11 is 1.72. The molecule has 118 valence electrons. The predicted octanol–water partition coefficient (Wildman–Crippen LogP) is 5.81. The van der Waals surface area contributed by atoms with Gasteiger partial charge in [-0.2, -0.15) is 5.26 Å². The van der Waals surface area contributed by atoms with Crippen LogP contribution in [0.2, 0.25) is 0 Å². The molecule has 0 atom stereocenters. The fourth-order valence-electron chi connectivity index (χ4n) is 3.44. The zero-order valence-corrected chi connectivity index (χ0v) is 14.5. The van der Waals surface area contributed by atoms with Gasteiger partial charge in [0.25, 0.3) is 0 Å². The van der Waals surface area contributed by atoms with Crippen molar-refractivity contribution >= 4 is 16.9 Å². The lowest BCUT2D eigenvalue weighted by Gasteiger charge is -2.05. The third kappa shape index (κ3) is 2.64. The first-order valence-corrected chi connectivity index (χ1v) is 9.14. The molecule has 3 heteroatoms. The Morgan fingerprint density at radius 3 is 3.04 bits per heavy atom. The van der Waals surface area contributed by atoms with E-state index >= 15 is 0 Å². The highest BCUT2D eigenvalue weighted by atomic mass is 32.1. The van der Waals surface area contributed by atoms with Crippen LogP contribution in [0.1, 0.15) is 41.7 Å². The highest BCUT2D eigenvalue weighted by Gasteiger charge is 2.20. The third-order valence-corrected chi connectivity index (χ3v) is 5.83. The molecule has 0 N–H and O–H groups in total. The number of allylic oxidation sites excluding steroid dienone is 6. The van der Waals surface area contributed by atoms with Gasteiger partial charge in [-0.05, 0) is 61.0 Å². The Morgan fingerprint density at radius 1 is 1.25 bits per heavy atom. The lowest BCUT2D eigenvalue weighted by atomic mass is 10.0. The molecule has 1 heterocycles. The van der Waals surface area contributed by atoms with Gasteiger partial charge in [-0.15, -0.1) is 11.3 Å². The van der Waals surface area contributed by atoms with Crippen LogP contribution < -0.4 is 0 Å². The van der Waals surface area contributed by atoms with Gasteiger partial charge in [0.2, 0.25) is 0 Å². The Labute approximate surface area is 146 Å². The van der Waals surface area contributed by atoms with Gasteiger partial charge in [0.15, 0.2) is 0 Å². The monoisotopic (exact) mass is 330 g/mol. The summed E-state index contributed by atoms with van der Waals surface area (Å²) in [6.07, 6.45) is 13.5. The quantitative estimate of drug-likeness (QED) is 0.696. The van der Waals surface area contributed by atoms with Crippen LogP contribution in [0.3, 0.4) is 0 Å². The second kappa shape index (κ2) is 6.22. The van der Waals surface area contributed by atoms with Gasteiger partial charge in [-0.3, -0.25) is 0 Å². The van der Waals surface area contributed by atoms with Crippen LogP contribution in [0.5, 0.6) is 0 Å². The number of aryl methyl sites for hydroxylation is 1. The topological polar surface area (TPSA) is 36.7 Å². The SMILES string of the molecule is Cc1ccc(-c2ncc(C3=C4CCCC4=CCC=C3)s2)cc1C#N. The summed E-state index contributed by atoms with van der Waals surface area (Å²) in [4.78, 5) is 5.86. The van der Waals surface area contributed by atoms with Crippen molar-refractivity contribution in [3.63, 3.8) is 0 Å². The zero-order valence-electron chi connectivity index (χ0n) is 13.7. The first-order valence-electron chi connectivity index (χ1n) is 8.32. The Hall–Kier alpha value is -2.44. The van der Waals surface area contributed by atoms with Crippen LogP contribution in [0, 0.1) is 18.3 Å². The van der Waals surface area contributed by atoms with Gasteiger partial charge in [-0.25, -0.2) is 4.98 Å². The fourth-order valence-corrected chi connectivity index (χ4v) is 4.40. The molecule has 0 spiro atoms. The van der Waals surface area contributed by atoms with Crippen molar-refractivity contribution in [2.24, 2.45) is 0 Å². The van der Waals surface area contributed by atoms with E-state index in [0.717, 1.165) is 28.1 Å². The van der Waals surface area contributed by atoms with Crippen molar-refractivity contribution in [1.82, 2.24) is 4.98 Å². The van der Waals surface area contributed by atoms with Gasteiger partial charge in [0, 0.05) is 11.8 Å². The number of aromatic nitrogens is 1. The molecule has 0 radical (unpaired) electrons. The molecule has 4 rings (SSSR count). The van der Waals surface area contributed by atoms with Crippen molar-refractivity contribution in [1.29, 1.82) is 5.26 Å². The number of benzene rings is 1. The molecule has 2 nitrogen and oxygen atoms in total. The standard InChI is InChI=1S/C21H18N2S/c1-14-9-10-16(11-17(14)12-22)21-23-13-20(24-21)19-7-3-2-5-15-6-4-8-18(15)19/h3,5,7,9-11,13H,2,4,6,8H2,1H3. The molecular formula is C21H18N2S. The number of nitriles is 1. The minimum atomic E-state index is 0.724. The molecule has 0 aliphatic heterocycles. The first-order chi connectivity index (χ1) is 11.8. The minimum Gasteiger partial charge on any atom is -0.244 e. The van der Waals surface area contributed by atoms with E-state index < -0.39 is 0 Å². The second-order valence-electron chi connectivity index (χ2n) is 6.28. The van der Waals surface area contributed by atoms with Crippen LogP contribution in [-0.2, 0) is 0 Å². The number of nitrogens with zero attached hydrogens (tertiary/aromatic N) is 2. The number of hydrogen-bond donors (Lipinski definition) is 0. The van der Waals surface area contributed by atoms with Gasteiger partial charge in [0.05, 0.1) is 16.5 Å². The molecule has 0 bridgehead atoms. The zero-order chi connectivity index (χ0) is 16.5. The maximum absolute atomic E-state index is 9.24. The summed E-state index contributed by atoms with van der Waals surface area (Å²) in [5, 5.41) is 10.2. The summed E-state index contributed by atoms with van der Waals surface area (Å²) in [6.45, 7) is 1.96. The third-order valence-electron chi connectivity index (χ3n) is 4.75. The van der Waals surface area contributed by atoms with Gasteiger partial charge in [0.1, 0.15) is 5.01 Å². The van der Waals surface area contributed by atoms with Crippen molar-refractivity contribution in [3.05, 3.63) is 69.8 Å². The van der Waals surface area contributed by atoms with Crippen molar-refractivity contribution < 1.29 is 0 Å². The molecule has 2 aliphatic rings. The average molecular weight is 330 g/mol. The summed E-state index contributed by atoms with van der Waals surface area (Å²) in [5.74, 6) is 0. The normalized spacial score (nSPS) is 16.6. The molecule has 0 unspecified atom stereocenters. The average Bonchev–Trinajstić information content (AvgIpc) is 3.22. The van der Waals surface area contributed by atoms with E-state index in [1.54, 1.807) is 11.3 Å². The van der Waals surface area contributed by atoms with Gasteiger partial charge in [-0.1, -0.05) is 30.4 Å². The molecule has 2 aromatic rings. The summed E-state index contributed by atoms with van der Waals surface area (Å²) in [5.41, 5.74) is 7.12. The van der Waals surface area contributed by atoms with Crippen molar-refractivity contribution in [2.75, 3.05) is 0 Å². The largest absolute Gasteiger partial charge is 0.244 e. The Kier molecular flexibility index (Phi) is 3.92. The fraction of sp³-hybridized carbons (Fsp3) is 0.238. The number of thiazole rings is 1. The molecular weight excluding hydrogens is 312 g/mol. The highest BCUT2D eigenvalue weighted by Crippen LogP contribution is 2.41. The first kappa shape index (κ1) is 15.1. The predicted molar refractivity (Wildman–Crippen MR) is 99.6 cm³/mol. The lowest BCUT2D eigenvalue weighted by molar-refractivity contribution is 0.931. The minimum absolute atomic E-state index is 0.724. The number of hydrogen-bond acceptors (Lipinski definition) is 3. The van der Waals surface area contributed by atoms with E-state index in [9.17, 15) is 5.26 Å². The Bertz CT molecular complexity index is 935. The molecule has 1 saturated carbocycles. The summed E-state index contributed by atoms with van der Waals surface area (Å²) in [7, 11) is 0. The highest BCUT2D eigenvalue weighted by molar-refractivity contribution is 7.16. The van der Waals surface area contributed by atoms with E-state index in [1.165, 1.54) is 40.9 Å². The molecule has 0 saturated heterocycles. The molecule has 1 fully saturated rings. The summed E-state index contributed by atoms with van der Waals surface area (Å²) < 4.78 is 0. The van der Waals surface area contributed by atoms with Crippen LogP contribution >= 0.6 is 11.3 Å². The molecule has 1 aromatic heterocycles.